The topological polar surface area (TPSA) is 123 Å². The van der Waals surface area contributed by atoms with E-state index in [-0.39, 0.29) is 23.9 Å². The number of pyridine rings is 1. The Kier molecular flexibility index (Phi) is 4.05. The predicted octanol–water partition coefficient (Wildman–Crippen LogP) is 0.450. The van der Waals surface area contributed by atoms with E-state index in [1.54, 1.807) is 21.8 Å². The summed E-state index contributed by atoms with van der Waals surface area (Å²) in [6.07, 6.45) is 4.37. The van der Waals surface area contributed by atoms with Crippen LogP contribution in [0.5, 0.6) is 0 Å². The molecule has 2 aromatic heterocycles. The third-order valence-electron chi connectivity index (χ3n) is 6.03. The normalized spacial score (nSPS) is 22.0. The molecule has 0 unspecified atom stereocenters. The first-order chi connectivity index (χ1) is 14.4. The van der Waals surface area contributed by atoms with E-state index in [4.69, 9.17) is 10.7 Å². The number of fused-ring (bicyclic) bond motifs is 2. The smallest absolute Gasteiger partial charge is 0.309 e. The summed E-state index contributed by atoms with van der Waals surface area (Å²) >= 11 is 0. The molecule has 3 amide bonds. The van der Waals surface area contributed by atoms with Crippen LogP contribution in [0, 0.1) is 5.92 Å². The van der Waals surface area contributed by atoms with E-state index in [2.05, 4.69) is 10.4 Å². The molecule has 9 heteroatoms. The molecule has 30 heavy (non-hydrogen) atoms. The summed E-state index contributed by atoms with van der Waals surface area (Å²) in [6, 6.07) is 8.96. The van der Waals surface area contributed by atoms with Crippen LogP contribution in [0.4, 0.5) is 0 Å². The lowest BCUT2D eigenvalue weighted by Crippen LogP contribution is -2.57. The standard InChI is InChI=1S/C21H20N6O3/c1-26-9-12(8-23-26)16-7-14(13-4-2-3-5-15(13)24-16)21(30)27-10-11-6-17(27)18(11)25-20(29)19(22)28/h2-5,7-9,11,17-18H,6,10H2,1H3,(H2,22,28)(H,25,29)/t11-,17-,18+/m0/s1. The lowest BCUT2D eigenvalue weighted by molar-refractivity contribution is -0.138. The van der Waals surface area contributed by atoms with Gasteiger partial charge in [0, 0.05) is 36.7 Å². The summed E-state index contributed by atoms with van der Waals surface area (Å²) in [4.78, 5) is 42.8. The molecule has 1 aliphatic carbocycles. The van der Waals surface area contributed by atoms with Crippen molar-refractivity contribution in [3.63, 3.8) is 0 Å². The molecular weight excluding hydrogens is 384 g/mol. The van der Waals surface area contributed by atoms with Gasteiger partial charge < -0.3 is 16.0 Å². The molecule has 3 N–H and O–H groups in total. The van der Waals surface area contributed by atoms with Crippen molar-refractivity contribution < 1.29 is 14.4 Å². The first-order valence-corrected chi connectivity index (χ1v) is 9.72. The van der Waals surface area contributed by atoms with Crippen molar-refractivity contribution in [2.24, 2.45) is 18.7 Å². The van der Waals surface area contributed by atoms with E-state index in [9.17, 15) is 14.4 Å². The highest BCUT2D eigenvalue weighted by atomic mass is 16.2. The van der Waals surface area contributed by atoms with Crippen molar-refractivity contribution in [1.29, 1.82) is 0 Å². The Morgan fingerprint density at radius 3 is 2.77 bits per heavy atom. The summed E-state index contributed by atoms with van der Waals surface area (Å²) in [5.74, 6) is -1.80. The minimum Gasteiger partial charge on any atom is -0.361 e. The fraction of sp³-hybridized carbons (Fsp3) is 0.286. The molecule has 3 atom stereocenters. The Morgan fingerprint density at radius 2 is 2.03 bits per heavy atom. The van der Waals surface area contributed by atoms with Crippen LogP contribution >= 0.6 is 0 Å². The summed E-state index contributed by atoms with van der Waals surface area (Å²) in [6.45, 7) is 0.534. The fourth-order valence-corrected chi connectivity index (χ4v) is 4.50. The van der Waals surface area contributed by atoms with Crippen LogP contribution in [0.15, 0.2) is 42.7 Å². The van der Waals surface area contributed by atoms with Crippen molar-refractivity contribution in [2.75, 3.05) is 6.54 Å². The van der Waals surface area contributed by atoms with Gasteiger partial charge in [0.25, 0.3) is 5.91 Å². The van der Waals surface area contributed by atoms with E-state index < -0.39 is 11.8 Å². The zero-order valence-electron chi connectivity index (χ0n) is 16.3. The van der Waals surface area contributed by atoms with E-state index >= 15 is 0 Å². The molecule has 3 aliphatic rings. The van der Waals surface area contributed by atoms with Gasteiger partial charge in [0.1, 0.15) is 0 Å². The van der Waals surface area contributed by atoms with Crippen LogP contribution in [0.3, 0.4) is 0 Å². The molecule has 2 aliphatic heterocycles. The highest BCUT2D eigenvalue weighted by Crippen LogP contribution is 2.42. The predicted molar refractivity (Wildman–Crippen MR) is 108 cm³/mol. The van der Waals surface area contributed by atoms with E-state index in [1.807, 2.05) is 37.5 Å². The minimum atomic E-state index is -1.01. The first-order valence-electron chi connectivity index (χ1n) is 9.72. The number of aryl methyl sites for hydroxylation is 1. The first kappa shape index (κ1) is 18.3. The molecule has 3 aromatic rings. The minimum absolute atomic E-state index is 0.109. The van der Waals surface area contributed by atoms with Gasteiger partial charge in [-0.05, 0) is 18.6 Å². The number of benzene rings is 1. The van der Waals surface area contributed by atoms with Gasteiger partial charge in [0.2, 0.25) is 0 Å². The number of carbonyl (C=O) groups excluding carboxylic acids is 3. The molecule has 0 spiro atoms. The molecule has 6 rings (SSSR count). The third kappa shape index (κ3) is 2.81. The monoisotopic (exact) mass is 404 g/mol. The molecule has 9 nitrogen and oxygen atoms in total. The highest BCUT2D eigenvalue weighted by Gasteiger charge is 2.54. The number of hydrogen-bond donors (Lipinski definition) is 2. The van der Waals surface area contributed by atoms with E-state index in [0.717, 1.165) is 22.9 Å². The van der Waals surface area contributed by atoms with Crippen molar-refractivity contribution in [3.8, 4) is 11.3 Å². The largest absolute Gasteiger partial charge is 0.361 e. The molecule has 2 saturated heterocycles. The average Bonchev–Trinajstić information content (AvgIpc) is 3.45. The zero-order valence-corrected chi connectivity index (χ0v) is 16.3. The number of hydrogen-bond acceptors (Lipinski definition) is 5. The summed E-state index contributed by atoms with van der Waals surface area (Å²) in [5.41, 5.74) is 7.85. The zero-order chi connectivity index (χ0) is 21.0. The second-order valence-electron chi connectivity index (χ2n) is 7.86. The van der Waals surface area contributed by atoms with Crippen molar-refractivity contribution in [2.45, 2.75) is 18.5 Å². The van der Waals surface area contributed by atoms with E-state index in [1.165, 1.54) is 0 Å². The van der Waals surface area contributed by atoms with Crippen LogP contribution in [0.2, 0.25) is 0 Å². The molecule has 0 radical (unpaired) electrons. The van der Waals surface area contributed by atoms with Crippen molar-refractivity contribution >= 4 is 28.6 Å². The van der Waals surface area contributed by atoms with Gasteiger partial charge in [-0.25, -0.2) is 4.98 Å². The van der Waals surface area contributed by atoms with Gasteiger partial charge in [-0.2, -0.15) is 5.10 Å². The third-order valence-corrected chi connectivity index (χ3v) is 6.03. The maximum absolute atomic E-state index is 13.5. The quantitative estimate of drug-likeness (QED) is 0.614. The Bertz CT molecular complexity index is 1200. The van der Waals surface area contributed by atoms with Gasteiger partial charge >= 0.3 is 11.8 Å². The number of nitrogens with one attached hydrogen (secondary N) is 1. The van der Waals surface area contributed by atoms with Crippen LogP contribution in [0.25, 0.3) is 22.2 Å². The van der Waals surface area contributed by atoms with Crippen LogP contribution in [-0.2, 0) is 16.6 Å². The van der Waals surface area contributed by atoms with E-state index in [0.29, 0.717) is 17.8 Å². The van der Waals surface area contributed by atoms with Crippen LogP contribution < -0.4 is 11.1 Å². The van der Waals surface area contributed by atoms with Crippen molar-refractivity contribution in [1.82, 2.24) is 25.0 Å². The lowest BCUT2D eigenvalue weighted by atomic mass is 9.80. The lowest BCUT2D eigenvalue weighted by Gasteiger charge is -2.36. The number of carbonyl (C=O) groups is 3. The highest BCUT2D eigenvalue weighted by molar-refractivity contribution is 6.34. The maximum Gasteiger partial charge on any atom is 0.309 e. The molecular formula is C21H20N6O3. The van der Waals surface area contributed by atoms with Crippen LogP contribution in [0.1, 0.15) is 16.8 Å². The SMILES string of the molecule is Cn1cc(-c2cc(C(=O)N3C[C@@H]4C[C@H]3[C@@H]4NC(=O)C(N)=O)c3ccccc3n2)cn1. The Labute approximate surface area is 171 Å². The summed E-state index contributed by atoms with van der Waals surface area (Å²) in [7, 11) is 1.83. The Balaban J connectivity index is 1.50. The second kappa shape index (κ2) is 6.65. The fourth-order valence-electron chi connectivity index (χ4n) is 4.50. The molecule has 1 saturated carbocycles. The molecule has 4 heterocycles. The average molecular weight is 404 g/mol. The number of para-hydroxylation sites is 1. The maximum atomic E-state index is 13.5. The molecule has 1 aromatic carbocycles. The van der Waals surface area contributed by atoms with Crippen molar-refractivity contribution in [3.05, 3.63) is 48.3 Å². The van der Waals surface area contributed by atoms with Gasteiger partial charge in [0.05, 0.1) is 35.1 Å². The van der Waals surface area contributed by atoms with Gasteiger partial charge in [0.15, 0.2) is 0 Å². The number of nitrogens with zero attached hydrogens (tertiary/aromatic N) is 4. The number of nitrogens with two attached hydrogens (primary N) is 1. The molecule has 152 valence electrons. The Morgan fingerprint density at radius 1 is 1.23 bits per heavy atom. The number of aromatic nitrogens is 3. The summed E-state index contributed by atoms with van der Waals surface area (Å²) in [5, 5.41) is 7.63. The number of primary amides is 1. The number of amides is 3. The molecule has 2 bridgehead atoms. The second-order valence-corrected chi connectivity index (χ2v) is 7.86. The van der Waals surface area contributed by atoms with Gasteiger partial charge in [-0.1, -0.05) is 18.2 Å². The van der Waals surface area contributed by atoms with Gasteiger partial charge in [-0.15, -0.1) is 0 Å². The molecule has 3 fully saturated rings. The van der Waals surface area contributed by atoms with Crippen LogP contribution in [-0.4, -0.2) is 56.0 Å². The summed E-state index contributed by atoms with van der Waals surface area (Å²) < 4.78 is 1.69. The number of rotatable bonds is 3. The van der Waals surface area contributed by atoms with Gasteiger partial charge in [-0.3, -0.25) is 19.1 Å². The Hall–Kier alpha value is -3.75.